The van der Waals surface area contributed by atoms with Gasteiger partial charge in [-0.05, 0) is 34.1 Å². The fourth-order valence-electron chi connectivity index (χ4n) is 1.85. The topological polar surface area (TPSA) is 75.4 Å². The summed E-state index contributed by atoms with van der Waals surface area (Å²) in [6, 6.07) is 5.13. The van der Waals surface area contributed by atoms with Crippen LogP contribution in [0.2, 0.25) is 0 Å². The summed E-state index contributed by atoms with van der Waals surface area (Å²) in [5, 5.41) is 2.74. The number of nitrogens with two attached hydrogens (primary N) is 1. The smallest absolute Gasteiger partial charge is 0.255 e. The second kappa shape index (κ2) is 5.39. The molecule has 1 aromatic carbocycles. The van der Waals surface area contributed by atoms with Gasteiger partial charge in [0.2, 0.25) is 5.91 Å². The van der Waals surface area contributed by atoms with Crippen LogP contribution in [0.5, 0.6) is 0 Å². The Labute approximate surface area is 113 Å². The number of nitrogens with one attached hydrogen (secondary N) is 1. The van der Waals surface area contributed by atoms with Gasteiger partial charge >= 0.3 is 0 Å². The zero-order valence-electron chi connectivity index (χ0n) is 9.78. The van der Waals surface area contributed by atoms with Crippen LogP contribution >= 0.6 is 15.9 Å². The highest BCUT2D eigenvalue weighted by Crippen LogP contribution is 2.21. The van der Waals surface area contributed by atoms with E-state index in [9.17, 15) is 9.59 Å². The Bertz CT molecular complexity index is 490. The van der Waals surface area contributed by atoms with E-state index in [0.717, 1.165) is 0 Å². The number of hydrogen-bond acceptors (Lipinski definition) is 3. The van der Waals surface area contributed by atoms with Crippen LogP contribution in [0, 0.1) is 0 Å². The summed E-state index contributed by atoms with van der Waals surface area (Å²) < 4.78 is 0.713. The number of benzene rings is 1. The van der Waals surface area contributed by atoms with E-state index >= 15 is 0 Å². The number of carbonyl (C=O) groups excluding carboxylic acids is 2. The third-order valence-electron chi connectivity index (χ3n) is 2.82. The summed E-state index contributed by atoms with van der Waals surface area (Å²) in [6.45, 7) is 1.45. The van der Waals surface area contributed by atoms with Gasteiger partial charge < -0.3 is 16.0 Å². The van der Waals surface area contributed by atoms with E-state index < -0.39 is 0 Å². The third kappa shape index (κ3) is 2.81. The zero-order valence-corrected chi connectivity index (χ0v) is 11.4. The predicted molar refractivity (Wildman–Crippen MR) is 72.1 cm³/mol. The maximum atomic E-state index is 12.3. The van der Waals surface area contributed by atoms with Crippen molar-refractivity contribution in [2.24, 2.45) is 0 Å². The number of anilines is 1. The molecule has 0 saturated carbocycles. The molecular formula is C12H14BrN3O2. The molecule has 0 atom stereocenters. The maximum Gasteiger partial charge on any atom is 0.255 e. The summed E-state index contributed by atoms with van der Waals surface area (Å²) in [4.78, 5) is 25.2. The highest BCUT2D eigenvalue weighted by Gasteiger charge is 2.21. The van der Waals surface area contributed by atoms with Crippen LogP contribution in [0.3, 0.4) is 0 Å². The van der Waals surface area contributed by atoms with Gasteiger partial charge in [-0.1, -0.05) is 0 Å². The van der Waals surface area contributed by atoms with Crippen molar-refractivity contribution in [3.05, 3.63) is 28.2 Å². The van der Waals surface area contributed by atoms with E-state index in [1.165, 1.54) is 0 Å². The number of rotatable bonds is 1. The van der Waals surface area contributed by atoms with Gasteiger partial charge in [0.25, 0.3) is 5.91 Å². The Kier molecular flexibility index (Phi) is 3.86. The molecule has 0 bridgehead atoms. The second-order valence-electron chi connectivity index (χ2n) is 4.13. The van der Waals surface area contributed by atoms with E-state index in [0.29, 0.717) is 41.8 Å². The van der Waals surface area contributed by atoms with Gasteiger partial charge in [-0.3, -0.25) is 9.59 Å². The van der Waals surface area contributed by atoms with Crippen molar-refractivity contribution in [3.8, 4) is 0 Å². The lowest BCUT2D eigenvalue weighted by Crippen LogP contribution is -2.34. The van der Waals surface area contributed by atoms with Crippen LogP contribution in [-0.2, 0) is 4.79 Å². The first-order valence-electron chi connectivity index (χ1n) is 5.69. The molecule has 0 aromatic heterocycles. The average molecular weight is 312 g/mol. The largest absolute Gasteiger partial charge is 0.399 e. The van der Waals surface area contributed by atoms with E-state index in [1.54, 1.807) is 23.1 Å². The molecule has 96 valence electrons. The molecule has 0 radical (unpaired) electrons. The Balaban J connectivity index is 2.19. The van der Waals surface area contributed by atoms with Crippen LogP contribution in [0.25, 0.3) is 0 Å². The molecule has 1 aliphatic heterocycles. The lowest BCUT2D eigenvalue weighted by atomic mass is 10.1. The SMILES string of the molecule is Nc1ccc(Br)c(C(=O)N2CCNC(=O)CC2)c1. The van der Waals surface area contributed by atoms with Crippen molar-refractivity contribution in [1.29, 1.82) is 0 Å². The molecule has 5 nitrogen and oxygen atoms in total. The van der Waals surface area contributed by atoms with Crippen molar-refractivity contribution in [2.75, 3.05) is 25.4 Å². The summed E-state index contributed by atoms with van der Waals surface area (Å²) in [6.07, 6.45) is 0.339. The third-order valence-corrected chi connectivity index (χ3v) is 3.51. The number of nitrogens with zero attached hydrogens (tertiary/aromatic N) is 1. The molecule has 1 aliphatic rings. The molecule has 1 fully saturated rings. The Morgan fingerprint density at radius 2 is 2.17 bits per heavy atom. The molecule has 3 N–H and O–H groups in total. The number of halogens is 1. The second-order valence-corrected chi connectivity index (χ2v) is 4.99. The summed E-state index contributed by atoms with van der Waals surface area (Å²) in [5.41, 5.74) is 6.77. The summed E-state index contributed by atoms with van der Waals surface area (Å²) in [7, 11) is 0. The van der Waals surface area contributed by atoms with E-state index in [2.05, 4.69) is 21.2 Å². The molecule has 0 aliphatic carbocycles. The van der Waals surface area contributed by atoms with Gasteiger partial charge in [0.05, 0.1) is 5.56 Å². The van der Waals surface area contributed by atoms with Crippen molar-refractivity contribution in [2.45, 2.75) is 6.42 Å². The van der Waals surface area contributed by atoms with Crippen molar-refractivity contribution in [1.82, 2.24) is 10.2 Å². The van der Waals surface area contributed by atoms with Crippen LogP contribution in [0.1, 0.15) is 16.8 Å². The first-order chi connectivity index (χ1) is 8.58. The lowest BCUT2D eigenvalue weighted by Gasteiger charge is -2.20. The van der Waals surface area contributed by atoms with E-state index in [-0.39, 0.29) is 11.8 Å². The van der Waals surface area contributed by atoms with Crippen molar-refractivity contribution in [3.63, 3.8) is 0 Å². The number of hydrogen-bond donors (Lipinski definition) is 2. The van der Waals surface area contributed by atoms with Crippen LogP contribution < -0.4 is 11.1 Å². The summed E-state index contributed by atoms with van der Waals surface area (Å²) >= 11 is 3.34. The number of carbonyl (C=O) groups is 2. The normalized spacial score (nSPS) is 16.1. The first kappa shape index (κ1) is 12.9. The minimum Gasteiger partial charge on any atom is -0.399 e. The lowest BCUT2D eigenvalue weighted by molar-refractivity contribution is -0.120. The van der Waals surface area contributed by atoms with Gasteiger partial charge in [-0.15, -0.1) is 0 Å². The quantitative estimate of drug-likeness (QED) is 0.760. The van der Waals surface area contributed by atoms with Crippen molar-refractivity contribution < 1.29 is 9.59 Å². The standard InChI is InChI=1S/C12H14BrN3O2/c13-10-2-1-8(14)7-9(10)12(18)16-5-3-11(17)15-4-6-16/h1-2,7H,3-6,14H2,(H,15,17). The molecule has 1 saturated heterocycles. The molecule has 1 heterocycles. The minimum atomic E-state index is -0.106. The van der Waals surface area contributed by atoms with E-state index in [4.69, 9.17) is 5.73 Å². The van der Waals surface area contributed by atoms with Gasteiger partial charge in [-0.25, -0.2) is 0 Å². The van der Waals surface area contributed by atoms with Crippen molar-refractivity contribution >= 4 is 33.4 Å². The van der Waals surface area contributed by atoms with Gasteiger partial charge in [0, 0.05) is 36.2 Å². The Morgan fingerprint density at radius 3 is 2.94 bits per heavy atom. The average Bonchev–Trinajstić information content (AvgIpc) is 2.56. The highest BCUT2D eigenvalue weighted by atomic mass is 79.9. The fraction of sp³-hybridized carbons (Fsp3) is 0.333. The van der Waals surface area contributed by atoms with Crippen LogP contribution in [0.15, 0.2) is 22.7 Å². The van der Waals surface area contributed by atoms with Crippen LogP contribution in [-0.4, -0.2) is 36.3 Å². The molecule has 2 amide bonds. The Hall–Kier alpha value is -1.56. The minimum absolute atomic E-state index is 0.0167. The highest BCUT2D eigenvalue weighted by molar-refractivity contribution is 9.10. The van der Waals surface area contributed by atoms with Gasteiger partial charge in [-0.2, -0.15) is 0 Å². The first-order valence-corrected chi connectivity index (χ1v) is 6.48. The molecule has 6 heteroatoms. The monoisotopic (exact) mass is 311 g/mol. The van der Waals surface area contributed by atoms with Crippen LogP contribution in [0.4, 0.5) is 5.69 Å². The number of amides is 2. The summed E-state index contributed by atoms with van der Waals surface area (Å²) in [5.74, 6) is -0.123. The number of nitrogen functional groups attached to an aromatic ring is 1. The van der Waals surface area contributed by atoms with E-state index in [1.807, 2.05) is 0 Å². The molecule has 1 aromatic rings. The molecule has 2 rings (SSSR count). The molecule has 0 unspecified atom stereocenters. The molecule has 0 spiro atoms. The van der Waals surface area contributed by atoms with Gasteiger partial charge in [0.1, 0.15) is 0 Å². The van der Waals surface area contributed by atoms with Gasteiger partial charge in [0.15, 0.2) is 0 Å². The fourth-order valence-corrected chi connectivity index (χ4v) is 2.26. The maximum absolute atomic E-state index is 12.3. The molecule has 18 heavy (non-hydrogen) atoms. The zero-order chi connectivity index (χ0) is 13.1. The molecular weight excluding hydrogens is 298 g/mol. The predicted octanol–water partition coefficient (Wildman–Crippen LogP) is 0.993. The Morgan fingerprint density at radius 1 is 1.39 bits per heavy atom.